The first-order valence-electron chi connectivity index (χ1n) is 35.6. The number of alkyl halides is 4. The normalized spacial score (nSPS) is 12.2. The number of hydrogen-bond donors (Lipinski definition) is 0. The van der Waals surface area contributed by atoms with E-state index in [9.17, 15) is 115 Å². The molecule has 8 aromatic rings. The van der Waals surface area contributed by atoms with Crippen LogP contribution in [0.1, 0.15) is 146 Å². The molecule has 0 saturated carbocycles. The van der Waals surface area contributed by atoms with Crippen molar-refractivity contribution in [1.82, 2.24) is 0 Å². The topological polar surface area (TPSA) is 220 Å². The molecule has 0 aliphatic heterocycles. The number of esters is 4. The van der Waals surface area contributed by atoms with Crippen LogP contribution in [0.15, 0.2) is 117 Å². The van der Waals surface area contributed by atoms with Crippen molar-refractivity contribution in [2.45, 2.75) is 105 Å². The van der Waals surface area contributed by atoms with Crippen LogP contribution in [0.4, 0.5) is 70.2 Å². The van der Waals surface area contributed by atoms with Gasteiger partial charge in [0.25, 0.3) is 0 Å². The Morgan fingerprint density at radius 3 is 0.675 bits per heavy atom. The van der Waals surface area contributed by atoms with Crippen LogP contribution in [-0.2, 0) is 90.1 Å². The molecule has 0 bridgehead atoms. The number of benzene rings is 8. The minimum absolute atomic E-state index is 0. The van der Waals surface area contributed by atoms with Gasteiger partial charge in [0.05, 0.1) is 73.8 Å². The molecule has 126 heavy (non-hydrogen) atoms. The molecule has 4 unspecified atom stereocenters. The van der Waals surface area contributed by atoms with E-state index in [1.54, 1.807) is 48.5 Å². The van der Waals surface area contributed by atoms with E-state index in [-0.39, 0.29) is 243 Å². The zero-order chi connectivity index (χ0) is 90.0. The monoisotopic (exact) mass is 2080 g/mol. The molecule has 0 saturated heterocycles. The third-order valence-corrected chi connectivity index (χ3v) is 28.1. The molecule has 0 radical (unpaired) electrons. The van der Waals surface area contributed by atoms with Crippen LogP contribution in [0.3, 0.4) is 0 Å². The summed E-state index contributed by atoms with van der Waals surface area (Å²) in [6.45, 7) is 0.263. The molecule has 8 rings (SSSR count). The van der Waals surface area contributed by atoms with Crippen molar-refractivity contribution in [1.29, 1.82) is 0 Å². The Labute approximate surface area is 859 Å². The maximum absolute atomic E-state index is 14.8. The van der Waals surface area contributed by atoms with Gasteiger partial charge in [0.15, 0.2) is 69.8 Å². The summed E-state index contributed by atoms with van der Waals surface area (Å²) in [5, 5.41) is -5.72. The van der Waals surface area contributed by atoms with Crippen LogP contribution in [-0.4, -0.2) is 122 Å². The molecule has 8 aromatic carbocycles. The Balaban J connectivity index is 0.000000645. The Bertz CT molecular complexity index is 4820. The first kappa shape index (κ1) is 118. The van der Waals surface area contributed by atoms with E-state index in [2.05, 4.69) is 25.3 Å². The van der Waals surface area contributed by atoms with E-state index in [1.165, 1.54) is 91.7 Å². The van der Waals surface area contributed by atoms with Gasteiger partial charge in [-0.1, -0.05) is 101 Å². The quantitative estimate of drug-likeness (QED) is 0.00296. The average Bonchev–Trinajstić information content (AvgIpc) is 0.801. The second-order valence-electron chi connectivity index (χ2n) is 25.6. The second-order valence-corrected chi connectivity index (χ2v) is 39.2. The average molecular weight is 2080 g/mol. The number of halogens is 20. The zero-order valence-electron chi connectivity index (χ0n) is 66.5. The van der Waals surface area contributed by atoms with Gasteiger partial charge in [-0.25, -0.2) is 106 Å². The van der Waals surface area contributed by atoms with E-state index in [1.807, 2.05) is 0 Å². The largest absolute Gasteiger partial charge is 1.00 e. The molecule has 0 spiro atoms. The minimum Gasteiger partial charge on any atom is -0.774 e. The van der Waals surface area contributed by atoms with Gasteiger partial charge in [-0.05, 0) is 146 Å². The number of carbonyl (C=O) groups is 4. The predicted molar refractivity (Wildman–Crippen MR) is 441 cm³/mol. The standard InChI is InChI=1S/C42H40Cl2F8O10S6.C36H28Cl2F8O4S4.4Na/c43-27(29-31(45)35(49)39(36(50)32(29)46)63-17-1-21-67(55,56)57)13-7-23-3-9-25(10-4-23)41(53)61-15-19-65-66-20-16-62-42(54)26-11-5-24(6-12-26)8-14-28(44)30-33(47)37(51)40(38(52)34(30)48)64-18-2-22-68(58,59)60;37-21(23-25(39)29(43)33(51)30(44)26(23)40)11-5-17-1-7-19(8-2-17)35(47)49-13-15-53-54-16-14-50-36(48)20-9-3-18(4-10-20)6-12-22(38)24-27(41)31(45)34(52)32(46)28(24)42;;;;/h3-6,9-12,27-28H,1-2,7-8,13-22H2,(H,55,56,57)(H,58,59,60);1-4,7-10,21-22,51-52H,5-6,11-16H2;;;;/q;;4*+1/p-4. The molecule has 0 N–H and O–H groups in total. The summed E-state index contributed by atoms with van der Waals surface area (Å²) in [6.07, 6.45) is -0.432. The third-order valence-electron chi connectivity index (χ3n) is 17.1. The third kappa shape index (κ3) is 35.6. The van der Waals surface area contributed by atoms with Gasteiger partial charge in [-0.15, -0.1) is 69.9 Å². The van der Waals surface area contributed by atoms with Gasteiger partial charge in [-0.2, -0.15) is 0 Å². The van der Waals surface area contributed by atoms with Crippen molar-refractivity contribution in [2.24, 2.45) is 0 Å². The summed E-state index contributed by atoms with van der Waals surface area (Å²) < 4.78 is 315. The first-order chi connectivity index (χ1) is 57.6. The molecular weight excluding hydrogens is 2020 g/mol. The SMILES string of the molecule is O=C(OCCSSCCOC(=O)c1ccc(CCC(Cl)c2c(F)c(F)c(SCCCS(=O)(=O)[O-])c(F)c2F)cc1)c1ccc(CCC(Cl)c2c(F)c(F)c(SCCCS(=O)(=O)[O-])c(F)c2F)cc1.O=C(OCCSSCCOC(=O)c1ccc(CCC(Cl)c2c(F)c(F)c([S-])c(F)c2F)cc1)c1ccc(CCC(Cl)c2c(F)c(F)c([S-])c(F)c2F)cc1.[Na+].[Na+].[Na+].[Na+]. The number of ether oxygens (including phenoxy) is 4. The Kier molecular flexibility index (Phi) is 54.2. The van der Waals surface area contributed by atoms with E-state index < -0.39 is 212 Å². The van der Waals surface area contributed by atoms with E-state index >= 15 is 0 Å². The Morgan fingerprint density at radius 1 is 0.310 bits per heavy atom. The fraction of sp³-hybridized carbons (Fsp3) is 0.333. The van der Waals surface area contributed by atoms with Crippen LogP contribution >= 0.6 is 113 Å². The number of carbonyl (C=O) groups excluding carboxylic acids is 4. The van der Waals surface area contributed by atoms with Gasteiger partial charge >= 0.3 is 142 Å². The minimum atomic E-state index is -4.58. The molecule has 4 atom stereocenters. The summed E-state index contributed by atoms with van der Waals surface area (Å²) in [6, 6.07) is 24.3. The fourth-order valence-electron chi connectivity index (χ4n) is 10.9. The van der Waals surface area contributed by atoms with Crippen molar-refractivity contribution in [3.05, 3.63) is 257 Å². The molecule has 14 nitrogen and oxygen atoms in total. The molecule has 0 aliphatic rings. The molecular formula is C78H64Cl4F16Na4O14S10. The van der Waals surface area contributed by atoms with Crippen molar-refractivity contribution < 1.29 is 253 Å². The van der Waals surface area contributed by atoms with Crippen LogP contribution in [0.5, 0.6) is 0 Å². The van der Waals surface area contributed by atoms with Crippen molar-refractivity contribution in [3.63, 3.8) is 0 Å². The maximum atomic E-state index is 14.8. The number of rotatable bonds is 44. The van der Waals surface area contributed by atoms with Crippen LogP contribution in [0.2, 0.25) is 0 Å². The fourth-order valence-corrected chi connectivity index (χ4v) is 19.0. The van der Waals surface area contributed by atoms with E-state index in [0.717, 1.165) is 0 Å². The predicted octanol–water partition coefficient (Wildman–Crippen LogP) is 9.92. The van der Waals surface area contributed by atoms with Gasteiger partial charge < -0.3 is 53.3 Å². The number of thioether (sulfide) groups is 2. The van der Waals surface area contributed by atoms with E-state index in [4.69, 9.17) is 65.4 Å². The summed E-state index contributed by atoms with van der Waals surface area (Å²) in [4.78, 5) is 45.4. The molecule has 664 valence electrons. The maximum Gasteiger partial charge on any atom is 1.00 e. The number of hydrogen-bond acceptors (Lipinski definition) is 22. The van der Waals surface area contributed by atoms with Crippen LogP contribution in [0.25, 0.3) is 0 Å². The molecule has 0 aliphatic carbocycles. The van der Waals surface area contributed by atoms with Crippen LogP contribution < -0.4 is 118 Å². The first-order valence-corrected chi connectivity index (χ1v) is 48.3. The summed E-state index contributed by atoms with van der Waals surface area (Å²) >= 11 is 33.8. The Hall–Kier alpha value is -1.96. The molecule has 0 heterocycles. The van der Waals surface area contributed by atoms with Crippen molar-refractivity contribution in [2.75, 3.05) is 72.5 Å². The molecule has 48 heteroatoms. The molecule has 0 aromatic heterocycles. The van der Waals surface area contributed by atoms with Gasteiger partial charge in [0.1, 0.15) is 49.7 Å². The second kappa shape index (κ2) is 57.8. The van der Waals surface area contributed by atoms with Gasteiger partial charge in [0.2, 0.25) is 0 Å². The van der Waals surface area contributed by atoms with Crippen molar-refractivity contribution in [3.8, 4) is 0 Å². The number of aryl methyl sites for hydroxylation is 4. The Morgan fingerprint density at radius 2 is 0.492 bits per heavy atom. The van der Waals surface area contributed by atoms with Crippen LogP contribution in [0, 0.1) is 93.1 Å². The van der Waals surface area contributed by atoms with E-state index in [0.29, 0.717) is 68.8 Å². The summed E-state index contributed by atoms with van der Waals surface area (Å²) in [5.41, 5.74) is -0.527. The summed E-state index contributed by atoms with van der Waals surface area (Å²) in [7, 11) is -3.68. The molecule has 0 amide bonds. The van der Waals surface area contributed by atoms with Gasteiger partial charge in [0, 0.05) is 56.8 Å². The smallest absolute Gasteiger partial charge is 0.774 e. The van der Waals surface area contributed by atoms with Gasteiger partial charge in [-0.3, -0.25) is 0 Å². The summed E-state index contributed by atoms with van der Waals surface area (Å²) in [5.74, 6) is -29.8. The zero-order valence-corrected chi connectivity index (χ0v) is 85.6. The van der Waals surface area contributed by atoms with Crippen molar-refractivity contribution >= 4 is 182 Å². The molecule has 0 fully saturated rings.